The van der Waals surface area contributed by atoms with Gasteiger partial charge in [-0.1, -0.05) is 38.1 Å². The highest BCUT2D eigenvalue weighted by Crippen LogP contribution is 2.43. The number of benzene rings is 4. The van der Waals surface area contributed by atoms with Crippen molar-refractivity contribution in [1.29, 1.82) is 0 Å². The number of hydrogen-bond donors (Lipinski definition) is 1. The smallest absolute Gasteiger partial charge is 0.261 e. The number of fused-ring (bicyclic) bond motifs is 8. The Labute approximate surface area is 343 Å². The van der Waals surface area contributed by atoms with Gasteiger partial charge in [-0.2, -0.15) is 0 Å². The number of carbonyl (C=O) groups is 4. The Kier molecular flexibility index (Phi) is 11.2. The molecule has 13 nitrogen and oxygen atoms in total. The molecule has 13 heteroatoms. The van der Waals surface area contributed by atoms with E-state index in [9.17, 15) is 19.2 Å². The number of amides is 3. The van der Waals surface area contributed by atoms with Crippen molar-refractivity contribution in [1.82, 2.24) is 0 Å². The van der Waals surface area contributed by atoms with Crippen LogP contribution in [-0.2, 0) is 22.4 Å². The van der Waals surface area contributed by atoms with E-state index < -0.39 is 0 Å². The Bertz CT molecular complexity index is 2390. The molecule has 0 aromatic heterocycles. The van der Waals surface area contributed by atoms with Gasteiger partial charge >= 0.3 is 0 Å². The molecule has 4 aromatic rings. The van der Waals surface area contributed by atoms with Crippen LogP contribution in [0, 0.1) is 5.92 Å². The molecule has 3 amide bonds. The third-order valence-corrected chi connectivity index (χ3v) is 11.2. The zero-order valence-electron chi connectivity index (χ0n) is 33.7. The molecule has 0 spiro atoms. The van der Waals surface area contributed by atoms with E-state index in [0.717, 1.165) is 42.5 Å². The fraction of sp³-hybridized carbons (Fsp3) is 0.348. The first-order valence-corrected chi connectivity index (χ1v) is 20.1. The number of nitrogens with zero attached hydrogens (tertiary/aromatic N) is 4. The average Bonchev–Trinajstić information content (AvgIpc) is 3.72. The lowest BCUT2D eigenvalue weighted by molar-refractivity contribution is -0.124. The number of unbranched alkanes of at least 4 members (excludes halogenated alkanes) is 2. The Morgan fingerprint density at radius 3 is 1.83 bits per heavy atom. The predicted octanol–water partition coefficient (Wildman–Crippen LogP) is 7.85. The minimum atomic E-state index is -0.297. The Morgan fingerprint density at radius 1 is 0.695 bits per heavy atom. The summed E-state index contributed by atoms with van der Waals surface area (Å²) < 4.78 is 23.6. The second kappa shape index (κ2) is 16.8. The molecule has 0 aliphatic carbocycles. The van der Waals surface area contributed by atoms with E-state index in [4.69, 9.17) is 28.9 Å². The van der Waals surface area contributed by atoms with E-state index in [0.29, 0.717) is 76.5 Å². The van der Waals surface area contributed by atoms with Crippen LogP contribution in [0.2, 0.25) is 0 Å². The molecule has 0 saturated carbocycles. The molecule has 4 aliphatic rings. The second-order valence-corrected chi connectivity index (χ2v) is 15.4. The monoisotopic (exact) mass is 797 g/mol. The molecule has 0 radical (unpaired) electrons. The molecule has 59 heavy (non-hydrogen) atoms. The predicted molar refractivity (Wildman–Crippen MR) is 226 cm³/mol. The summed E-state index contributed by atoms with van der Waals surface area (Å²) in [6.07, 6.45) is 7.52. The molecule has 4 heterocycles. The summed E-state index contributed by atoms with van der Waals surface area (Å²) >= 11 is 0. The lowest BCUT2D eigenvalue weighted by atomic mass is 10.0. The van der Waals surface area contributed by atoms with Crippen LogP contribution in [0.25, 0.3) is 0 Å². The first-order chi connectivity index (χ1) is 28.6. The van der Waals surface area contributed by atoms with E-state index in [2.05, 4.69) is 5.32 Å². The Hall–Kier alpha value is -6.50. The minimum Gasteiger partial charge on any atom is -0.493 e. The van der Waals surface area contributed by atoms with Crippen LogP contribution < -0.4 is 34.1 Å². The van der Waals surface area contributed by atoms with E-state index in [1.165, 1.54) is 7.11 Å². The third-order valence-electron chi connectivity index (χ3n) is 11.2. The van der Waals surface area contributed by atoms with E-state index in [-0.39, 0.29) is 54.3 Å². The van der Waals surface area contributed by atoms with Gasteiger partial charge in [-0.3, -0.25) is 39.0 Å². The van der Waals surface area contributed by atoms with Crippen LogP contribution in [0.1, 0.15) is 77.8 Å². The number of nitrogens with one attached hydrogen (secondary N) is 1. The van der Waals surface area contributed by atoms with Gasteiger partial charge in [-0.25, -0.2) is 0 Å². The van der Waals surface area contributed by atoms with E-state index in [1.807, 2.05) is 61.4 Å². The van der Waals surface area contributed by atoms with Crippen LogP contribution in [0.3, 0.4) is 0 Å². The maximum Gasteiger partial charge on any atom is 0.261 e. The molecule has 304 valence electrons. The van der Waals surface area contributed by atoms with Crippen molar-refractivity contribution in [3.63, 3.8) is 0 Å². The summed E-state index contributed by atoms with van der Waals surface area (Å²) in [7, 11) is 3.10. The molecule has 1 N–H and O–H groups in total. The largest absolute Gasteiger partial charge is 0.493 e. The van der Waals surface area contributed by atoms with Gasteiger partial charge in [0.2, 0.25) is 5.91 Å². The normalized spacial score (nSPS) is 17.0. The van der Waals surface area contributed by atoms with Gasteiger partial charge in [-0.15, -0.1) is 0 Å². The molecule has 0 unspecified atom stereocenters. The van der Waals surface area contributed by atoms with Gasteiger partial charge in [0.25, 0.3) is 11.8 Å². The molecule has 4 aliphatic heterocycles. The summed E-state index contributed by atoms with van der Waals surface area (Å²) in [5.74, 6) is 1.25. The van der Waals surface area contributed by atoms with Crippen molar-refractivity contribution in [2.24, 2.45) is 15.9 Å². The Balaban J connectivity index is 0.857. The van der Waals surface area contributed by atoms with Crippen LogP contribution in [-0.4, -0.2) is 75.5 Å². The standard InChI is InChI=1S/C46H47N5O8/c1-27(2)39(52)14-15-44(53)49-30-13-12-29-19-32-26-48-36-24-43(41(57-4)22-34(36)46(55)51(32)38(29)20-30)59-17-9-5-8-16-58-42-23-35-33(21-40(42)56-3)45(54)50-31(25-47-35)18-28-10-6-7-11-37(28)50/h6-7,10-13,20-27,31-32H,5,8-9,14-19H2,1-4H3,(H,49,53)/t31-,32-/m0/s1. The fourth-order valence-electron chi connectivity index (χ4n) is 7.99. The van der Waals surface area contributed by atoms with E-state index in [1.54, 1.807) is 48.6 Å². The highest BCUT2D eigenvalue weighted by molar-refractivity contribution is 6.16. The lowest BCUT2D eigenvalue weighted by Gasteiger charge is -2.22. The molecular weight excluding hydrogens is 751 g/mol. The van der Waals surface area contributed by atoms with Crippen molar-refractivity contribution in [3.8, 4) is 23.0 Å². The van der Waals surface area contributed by atoms with E-state index >= 15 is 0 Å². The minimum absolute atomic E-state index is 0.0411. The van der Waals surface area contributed by atoms with Gasteiger partial charge in [0.05, 0.1) is 67.7 Å². The number of aliphatic imine (C=N–C) groups is 2. The number of Topliss-reactive ketones (excluding diaryl/α,β-unsaturated/α-hetero) is 1. The summed E-state index contributed by atoms with van der Waals surface area (Å²) in [4.78, 5) is 65.4. The molecule has 8 rings (SSSR count). The van der Waals surface area contributed by atoms with Crippen LogP contribution >= 0.6 is 0 Å². The number of hydrogen-bond acceptors (Lipinski definition) is 10. The van der Waals surface area contributed by atoms with Crippen LogP contribution in [0.15, 0.2) is 76.7 Å². The first-order valence-electron chi connectivity index (χ1n) is 20.1. The quantitative estimate of drug-likeness (QED) is 0.120. The number of methoxy groups -OCH3 is 2. The summed E-state index contributed by atoms with van der Waals surface area (Å²) in [6.45, 7) is 4.48. The topological polar surface area (TPSA) is 148 Å². The van der Waals surface area contributed by atoms with Crippen LogP contribution in [0.4, 0.5) is 28.4 Å². The Morgan fingerprint density at radius 2 is 1.25 bits per heavy atom. The van der Waals surface area contributed by atoms with Gasteiger partial charge in [0.1, 0.15) is 5.78 Å². The molecular formula is C46H47N5O8. The zero-order valence-corrected chi connectivity index (χ0v) is 33.7. The van der Waals surface area contributed by atoms with Crippen molar-refractivity contribution in [3.05, 3.63) is 89.0 Å². The maximum absolute atomic E-state index is 14.1. The second-order valence-electron chi connectivity index (χ2n) is 15.4. The number of ether oxygens (including phenoxy) is 4. The van der Waals surface area contributed by atoms with Gasteiger partial charge in [0, 0.05) is 67.5 Å². The maximum atomic E-state index is 14.1. The number of rotatable bonds is 15. The van der Waals surface area contributed by atoms with Gasteiger partial charge in [-0.05, 0) is 60.7 Å². The van der Waals surface area contributed by atoms with Gasteiger partial charge < -0.3 is 24.3 Å². The van der Waals surface area contributed by atoms with Crippen molar-refractivity contribution >= 4 is 64.4 Å². The SMILES string of the molecule is COc1cc2c(cc1OCCCCCOc1cc3c(cc1OC)C(=O)N1c4cc(NC(=O)CCC(=O)C(C)C)ccc4C[C@H]1C=N3)N=C[C@@H]1Cc3ccccc3N1C2=O. The first kappa shape index (κ1) is 39.3. The lowest BCUT2D eigenvalue weighted by Crippen LogP contribution is -2.37. The van der Waals surface area contributed by atoms with Crippen LogP contribution in [0.5, 0.6) is 23.0 Å². The average molecular weight is 798 g/mol. The fourth-order valence-corrected chi connectivity index (χ4v) is 7.99. The number of anilines is 3. The molecule has 0 saturated heterocycles. The molecule has 0 fully saturated rings. The summed E-state index contributed by atoms with van der Waals surface area (Å²) in [5.41, 5.74) is 6.17. The highest BCUT2D eigenvalue weighted by Gasteiger charge is 2.38. The number of ketones is 1. The molecule has 2 atom stereocenters. The molecule has 4 aromatic carbocycles. The van der Waals surface area contributed by atoms with Crippen molar-refractivity contribution < 1.29 is 38.1 Å². The number of carbonyl (C=O) groups excluding carboxylic acids is 4. The van der Waals surface area contributed by atoms with Crippen molar-refractivity contribution in [2.75, 3.05) is 42.5 Å². The highest BCUT2D eigenvalue weighted by atomic mass is 16.5. The summed E-state index contributed by atoms with van der Waals surface area (Å²) in [5, 5.41) is 2.88. The summed E-state index contributed by atoms with van der Waals surface area (Å²) in [6, 6.07) is 19.9. The van der Waals surface area contributed by atoms with Gasteiger partial charge in [0.15, 0.2) is 23.0 Å². The van der Waals surface area contributed by atoms with Crippen molar-refractivity contribution in [2.45, 2.75) is 70.9 Å². The molecule has 0 bridgehead atoms. The third kappa shape index (κ3) is 7.89. The number of para-hydroxylation sites is 1. The zero-order chi connectivity index (χ0) is 41.2.